The highest BCUT2D eigenvalue weighted by Gasteiger charge is 2.31. The maximum Gasteiger partial charge on any atom is 0.416 e. The lowest BCUT2D eigenvalue weighted by molar-refractivity contribution is -0.137. The molecule has 4 rings (SSSR count). The fourth-order valence-electron chi connectivity index (χ4n) is 2.71. The molecule has 0 fully saturated rings. The number of aromatic nitrogens is 4. The number of carbonyl (C=O) groups is 1. The first-order valence-electron chi connectivity index (χ1n) is 9.03. The second-order valence-corrected chi connectivity index (χ2v) is 7.76. The number of benzene rings is 2. The Balaban J connectivity index is 1.46. The van der Waals surface area contributed by atoms with E-state index in [0.29, 0.717) is 16.3 Å². The summed E-state index contributed by atoms with van der Waals surface area (Å²) in [6.45, 7) is 0. The average Bonchev–Trinajstić information content (AvgIpc) is 3.44. The summed E-state index contributed by atoms with van der Waals surface area (Å²) in [6.07, 6.45) is -1.52. The minimum absolute atomic E-state index is 0.0264. The molecule has 0 aliphatic rings. The van der Waals surface area contributed by atoms with Gasteiger partial charge in [0.2, 0.25) is 11.8 Å². The molecular formula is C20H13ClF3N5O2S. The minimum atomic E-state index is -4.56. The van der Waals surface area contributed by atoms with E-state index in [1.807, 2.05) is 0 Å². The predicted molar refractivity (Wildman–Crippen MR) is 113 cm³/mol. The average molecular weight is 480 g/mol. The Labute approximate surface area is 188 Å². The van der Waals surface area contributed by atoms with Crippen LogP contribution in [0.15, 0.2) is 70.6 Å². The molecule has 164 valence electrons. The summed E-state index contributed by atoms with van der Waals surface area (Å²) in [7, 11) is 0. The quantitative estimate of drug-likeness (QED) is 0.376. The van der Waals surface area contributed by atoms with E-state index in [0.717, 1.165) is 23.9 Å². The third-order valence-electron chi connectivity index (χ3n) is 4.17. The third kappa shape index (κ3) is 5.11. The Bertz CT molecular complexity index is 1230. The van der Waals surface area contributed by atoms with Crippen LogP contribution in [0.25, 0.3) is 17.1 Å². The number of rotatable bonds is 6. The van der Waals surface area contributed by atoms with Gasteiger partial charge >= 0.3 is 6.18 Å². The van der Waals surface area contributed by atoms with E-state index in [1.54, 1.807) is 36.5 Å². The lowest BCUT2D eigenvalue weighted by Crippen LogP contribution is -2.17. The highest BCUT2D eigenvalue weighted by atomic mass is 35.5. The Hall–Kier alpha value is -3.31. The van der Waals surface area contributed by atoms with Crippen LogP contribution in [0.1, 0.15) is 5.56 Å². The van der Waals surface area contributed by atoms with Gasteiger partial charge in [-0.15, -0.1) is 10.2 Å². The van der Waals surface area contributed by atoms with Crippen LogP contribution >= 0.6 is 23.4 Å². The molecule has 2 heterocycles. The molecule has 2 aromatic carbocycles. The van der Waals surface area contributed by atoms with Gasteiger partial charge < -0.3 is 9.73 Å². The zero-order valence-corrected chi connectivity index (χ0v) is 17.6. The van der Waals surface area contributed by atoms with Gasteiger partial charge in [-0.2, -0.15) is 18.3 Å². The Morgan fingerprint density at radius 2 is 1.94 bits per heavy atom. The summed E-state index contributed by atoms with van der Waals surface area (Å²) in [5.74, 6) is -0.450. The van der Waals surface area contributed by atoms with Crippen LogP contribution in [0.2, 0.25) is 5.02 Å². The topological polar surface area (TPSA) is 85.8 Å². The lowest BCUT2D eigenvalue weighted by Gasteiger charge is -2.14. The van der Waals surface area contributed by atoms with Gasteiger partial charge in [0.05, 0.1) is 22.7 Å². The highest BCUT2D eigenvalue weighted by molar-refractivity contribution is 7.99. The molecular weight excluding hydrogens is 467 g/mol. The van der Waals surface area contributed by atoms with Crippen LogP contribution in [0.4, 0.5) is 18.9 Å². The first kappa shape index (κ1) is 21.9. The van der Waals surface area contributed by atoms with Gasteiger partial charge in [0.25, 0.3) is 5.22 Å². The van der Waals surface area contributed by atoms with Gasteiger partial charge in [0, 0.05) is 23.0 Å². The van der Waals surface area contributed by atoms with Crippen molar-refractivity contribution in [3.8, 4) is 17.1 Å². The van der Waals surface area contributed by atoms with Gasteiger partial charge in [-0.25, -0.2) is 4.68 Å². The van der Waals surface area contributed by atoms with Gasteiger partial charge in [0.1, 0.15) is 0 Å². The van der Waals surface area contributed by atoms with E-state index in [2.05, 4.69) is 20.6 Å². The molecule has 0 spiro atoms. The molecule has 2 aromatic heterocycles. The molecule has 0 saturated carbocycles. The maximum atomic E-state index is 13.1. The molecule has 12 heteroatoms. The maximum absolute atomic E-state index is 13.1. The molecule has 4 aromatic rings. The number of anilines is 1. The van der Waals surface area contributed by atoms with Gasteiger partial charge in [-0.1, -0.05) is 23.4 Å². The summed E-state index contributed by atoms with van der Waals surface area (Å²) >= 11 is 6.81. The molecule has 1 amide bonds. The molecule has 0 atom stereocenters. The molecule has 0 radical (unpaired) electrons. The Morgan fingerprint density at radius 1 is 1.16 bits per heavy atom. The summed E-state index contributed by atoms with van der Waals surface area (Å²) in [4.78, 5) is 12.4. The summed E-state index contributed by atoms with van der Waals surface area (Å²) in [6, 6.07) is 11.4. The third-order valence-corrected chi connectivity index (χ3v) is 5.24. The largest absolute Gasteiger partial charge is 0.416 e. The number of nitrogens with one attached hydrogen (secondary N) is 1. The van der Waals surface area contributed by atoms with Crippen molar-refractivity contribution in [2.75, 3.05) is 11.1 Å². The minimum Gasteiger partial charge on any atom is -0.411 e. The number of carbonyl (C=O) groups excluding carboxylic acids is 1. The van der Waals surface area contributed by atoms with E-state index < -0.39 is 17.6 Å². The van der Waals surface area contributed by atoms with E-state index in [1.165, 1.54) is 16.9 Å². The van der Waals surface area contributed by atoms with Crippen molar-refractivity contribution in [1.29, 1.82) is 0 Å². The zero-order valence-electron chi connectivity index (χ0n) is 16.0. The number of thioether (sulfide) groups is 1. The monoisotopic (exact) mass is 479 g/mol. The van der Waals surface area contributed by atoms with E-state index >= 15 is 0 Å². The van der Waals surface area contributed by atoms with Crippen LogP contribution in [0, 0.1) is 0 Å². The number of hydrogen-bond donors (Lipinski definition) is 1. The summed E-state index contributed by atoms with van der Waals surface area (Å²) < 4.78 is 46.3. The van der Waals surface area contributed by atoms with E-state index in [4.69, 9.17) is 16.0 Å². The molecule has 7 nitrogen and oxygen atoms in total. The van der Waals surface area contributed by atoms with Crippen molar-refractivity contribution in [1.82, 2.24) is 20.0 Å². The van der Waals surface area contributed by atoms with Crippen molar-refractivity contribution in [2.45, 2.75) is 11.4 Å². The van der Waals surface area contributed by atoms with E-state index in [9.17, 15) is 18.0 Å². The molecule has 32 heavy (non-hydrogen) atoms. The summed E-state index contributed by atoms with van der Waals surface area (Å²) in [5.41, 5.74) is 0.0394. The first-order chi connectivity index (χ1) is 15.3. The highest BCUT2D eigenvalue weighted by Crippen LogP contribution is 2.33. The number of alkyl halides is 3. The van der Waals surface area contributed by atoms with Crippen LogP contribution in [-0.2, 0) is 11.0 Å². The van der Waals surface area contributed by atoms with Gasteiger partial charge in [-0.05, 0) is 48.5 Å². The Morgan fingerprint density at radius 3 is 2.62 bits per heavy atom. The standard InChI is InChI=1S/C20H13ClF3N5O2S/c21-14-5-2-12(3-6-14)18-27-28-19(31-18)32-11-17(30)26-15-10-13(20(22,23)24)4-7-16(15)29-9-1-8-25-29/h1-10H,11H2,(H,26,30). The second-order valence-electron chi connectivity index (χ2n) is 6.40. The SMILES string of the molecule is O=C(CSc1nnc(-c2ccc(Cl)cc2)o1)Nc1cc(C(F)(F)F)ccc1-n1cccn1. The van der Waals surface area contributed by atoms with E-state index in [-0.39, 0.29) is 22.6 Å². The van der Waals surface area contributed by atoms with Crippen LogP contribution in [0.3, 0.4) is 0 Å². The second kappa shape index (κ2) is 9.05. The fraction of sp³-hybridized carbons (Fsp3) is 0.100. The fourth-order valence-corrected chi connectivity index (χ4v) is 3.40. The molecule has 0 aliphatic carbocycles. The molecule has 0 unspecified atom stereocenters. The van der Waals surface area contributed by atoms with Crippen LogP contribution in [0.5, 0.6) is 0 Å². The predicted octanol–water partition coefficient (Wildman–Crippen LogP) is 5.33. The lowest BCUT2D eigenvalue weighted by atomic mass is 10.1. The molecule has 0 saturated heterocycles. The smallest absolute Gasteiger partial charge is 0.411 e. The van der Waals surface area contributed by atoms with Crippen molar-refractivity contribution in [3.05, 3.63) is 71.5 Å². The Kier molecular flexibility index (Phi) is 6.19. The number of halogens is 4. The number of hydrogen-bond acceptors (Lipinski definition) is 6. The van der Waals surface area contributed by atoms with Crippen molar-refractivity contribution >= 4 is 35.0 Å². The summed E-state index contributed by atoms with van der Waals surface area (Å²) in [5, 5.41) is 15.0. The van der Waals surface area contributed by atoms with Crippen LogP contribution < -0.4 is 5.32 Å². The van der Waals surface area contributed by atoms with Crippen LogP contribution in [-0.4, -0.2) is 31.6 Å². The zero-order chi connectivity index (χ0) is 22.7. The number of nitrogens with zero attached hydrogens (tertiary/aromatic N) is 4. The molecule has 0 aliphatic heterocycles. The molecule has 1 N–H and O–H groups in total. The van der Waals surface area contributed by atoms with Crippen molar-refractivity contribution in [3.63, 3.8) is 0 Å². The normalized spacial score (nSPS) is 11.5. The van der Waals surface area contributed by atoms with Crippen molar-refractivity contribution < 1.29 is 22.4 Å². The molecule has 0 bridgehead atoms. The van der Waals surface area contributed by atoms with Gasteiger partial charge in [-0.3, -0.25) is 4.79 Å². The van der Waals surface area contributed by atoms with Crippen molar-refractivity contribution in [2.24, 2.45) is 0 Å². The first-order valence-corrected chi connectivity index (χ1v) is 10.4. The van der Waals surface area contributed by atoms with Gasteiger partial charge in [0.15, 0.2) is 0 Å². The number of amides is 1.